The molecule has 0 bridgehead atoms. The van der Waals surface area contributed by atoms with E-state index in [-0.39, 0.29) is 51.4 Å². The average molecular weight is 357 g/mol. The minimum atomic E-state index is -1.26. The molecule has 0 aliphatic carbocycles. The topological polar surface area (TPSA) is 74.6 Å². The summed E-state index contributed by atoms with van der Waals surface area (Å²) >= 11 is 0. The molecule has 2 N–H and O–H groups in total. The Balaban J connectivity index is -0.000000382. The van der Waals surface area contributed by atoms with E-state index in [4.69, 9.17) is 10.2 Å². The first kappa shape index (κ1) is 28.1. The second-order valence-corrected chi connectivity index (χ2v) is 5.86. The van der Waals surface area contributed by atoms with Gasteiger partial charge >= 0.3 is 63.3 Å². The van der Waals surface area contributed by atoms with Crippen molar-refractivity contribution < 1.29 is 24.3 Å². The maximum atomic E-state index is 9.55. The fraction of sp³-hybridized carbons (Fsp3) is 0.765. The fourth-order valence-electron chi connectivity index (χ4n) is 2.10. The zero-order chi connectivity index (χ0) is 17.4. The minimum absolute atomic E-state index is 0. The number of hydrogen-bond donors (Lipinski definition) is 2. The summed E-state index contributed by atoms with van der Waals surface area (Å²) in [7, 11) is 2.45. The Morgan fingerprint density at radius 3 is 1.22 bits per heavy atom. The molecule has 0 rings (SSSR count). The number of carbonyl (C=O) groups is 2. The molecule has 5 nitrogen and oxygen atoms in total. The number of hydrogen-bond acceptors (Lipinski definition) is 2. The first-order valence-electron chi connectivity index (χ1n) is 8.28. The SMILES string of the molecule is CCCC[N+](C)(CCCC)CCCC.O=C(O)/C=C\C(=O)O.[KH]. The molecule has 0 aliphatic heterocycles. The number of nitrogens with zero attached hydrogens (tertiary/aromatic N) is 1. The Morgan fingerprint density at radius 1 is 0.783 bits per heavy atom. The molecule has 0 fully saturated rings. The number of carboxylic acid groups (broad SMARTS) is 2. The number of rotatable bonds is 11. The molecule has 0 saturated carbocycles. The van der Waals surface area contributed by atoms with Crippen LogP contribution >= 0.6 is 0 Å². The molecule has 0 saturated heterocycles. The summed E-state index contributed by atoms with van der Waals surface area (Å²) in [6, 6.07) is 0. The van der Waals surface area contributed by atoms with Crippen LogP contribution in [0.3, 0.4) is 0 Å². The van der Waals surface area contributed by atoms with Crippen molar-refractivity contribution in [3.63, 3.8) is 0 Å². The van der Waals surface area contributed by atoms with E-state index in [1.54, 1.807) is 0 Å². The third-order valence-electron chi connectivity index (χ3n) is 3.52. The Morgan fingerprint density at radius 2 is 1.04 bits per heavy atom. The van der Waals surface area contributed by atoms with Crippen molar-refractivity contribution in [2.24, 2.45) is 0 Å². The van der Waals surface area contributed by atoms with Crippen LogP contribution in [0, 0.1) is 0 Å². The van der Waals surface area contributed by atoms with Gasteiger partial charge in [-0.2, -0.15) is 0 Å². The maximum absolute atomic E-state index is 9.55. The number of quaternary nitrogens is 1. The quantitative estimate of drug-likeness (QED) is 0.339. The zero-order valence-electron chi connectivity index (χ0n) is 14.7. The summed E-state index contributed by atoms with van der Waals surface area (Å²) in [5.41, 5.74) is 0. The predicted molar refractivity (Wildman–Crippen MR) is 97.1 cm³/mol. The van der Waals surface area contributed by atoms with Gasteiger partial charge in [-0.25, -0.2) is 9.59 Å². The van der Waals surface area contributed by atoms with E-state index in [0.29, 0.717) is 12.2 Å². The molecule has 0 radical (unpaired) electrons. The van der Waals surface area contributed by atoms with Crippen molar-refractivity contribution >= 4 is 63.3 Å². The molecule has 0 aromatic heterocycles. The Kier molecular flexibility index (Phi) is 22.7. The van der Waals surface area contributed by atoms with E-state index in [1.165, 1.54) is 62.6 Å². The summed E-state index contributed by atoms with van der Waals surface area (Å²) < 4.78 is 1.32. The molecule has 0 aliphatic rings. The molecule has 0 unspecified atom stereocenters. The Bertz CT molecular complexity index is 295. The predicted octanol–water partition coefficient (Wildman–Crippen LogP) is 2.90. The normalized spacial score (nSPS) is 10.6. The molecule has 23 heavy (non-hydrogen) atoms. The van der Waals surface area contributed by atoms with Gasteiger partial charge in [0.05, 0.1) is 26.7 Å². The Hall–Kier alpha value is 0.276. The molecular weight excluding hydrogens is 321 g/mol. The molecule has 6 heteroatoms. The number of carboxylic acids is 2. The summed E-state index contributed by atoms with van der Waals surface area (Å²) in [5, 5.41) is 15.6. The van der Waals surface area contributed by atoms with Crippen LogP contribution < -0.4 is 0 Å². The molecule has 0 spiro atoms. The van der Waals surface area contributed by atoms with Crippen LogP contribution in [-0.4, -0.2) is 105 Å². The second kappa shape index (κ2) is 18.6. The number of unbranched alkanes of at least 4 members (excludes halogenated alkanes) is 3. The van der Waals surface area contributed by atoms with E-state index in [1.807, 2.05) is 0 Å². The van der Waals surface area contributed by atoms with Crippen molar-refractivity contribution in [3.05, 3.63) is 12.2 Å². The van der Waals surface area contributed by atoms with Gasteiger partial charge < -0.3 is 14.7 Å². The van der Waals surface area contributed by atoms with Gasteiger partial charge in [0.2, 0.25) is 0 Å². The first-order valence-corrected chi connectivity index (χ1v) is 8.28. The summed E-state index contributed by atoms with van der Waals surface area (Å²) in [4.78, 5) is 19.1. The van der Waals surface area contributed by atoms with Crippen LogP contribution in [0.25, 0.3) is 0 Å². The molecular formula is C17H35KNO4+. The summed E-state index contributed by atoms with van der Waals surface area (Å²) in [6.45, 7) is 11.0. The van der Waals surface area contributed by atoms with Gasteiger partial charge in [0.15, 0.2) is 0 Å². The average Bonchev–Trinajstić information content (AvgIpc) is 2.48. The van der Waals surface area contributed by atoms with Crippen molar-refractivity contribution in [1.29, 1.82) is 0 Å². The van der Waals surface area contributed by atoms with Crippen LogP contribution in [0.5, 0.6) is 0 Å². The van der Waals surface area contributed by atoms with Gasteiger partial charge in [-0.3, -0.25) is 0 Å². The van der Waals surface area contributed by atoms with Crippen molar-refractivity contribution in [3.8, 4) is 0 Å². The Labute approximate surface area is 184 Å². The third-order valence-corrected chi connectivity index (χ3v) is 3.52. The number of aliphatic carboxylic acids is 2. The van der Waals surface area contributed by atoms with Gasteiger partial charge in [-0.1, -0.05) is 40.0 Å². The van der Waals surface area contributed by atoms with Gasteiger partial charge in [0.1, 0.15) is 0 Å². The van der Waals surface area contributed by atoms with E-state index >= 15 is 0 Å². The van der Waals surface area contributed by atoms with Crippen LogP contribution in [0.2, 0.25) is 0 Å². The van der Waals surface area contributed by atoms with Gasteiger partial charge in [0, 0.05) is 12.2 Å². The summed E-state index contributed by atoms with van der Waals surface area (Å²) in [5.74, 6) is -2.51. The third kappa shape index (κ3) is 22.3. The summed E-state index contributed by atoms with van der Waals surface area (Å²) in [6.07, 6.45) is 9.31. The van der Waals surface area contributed by atoms with Crippen LogP contribution in [0.15, 0.2) is 12.2 Å². The van der Waals surface area contributed by atoms with Gasteiger partial charge in [0.25, 0.3) is 0 Å². The first-order chi connectivity index (χ1) is 10.3. The van der Waals surface area contributed by atoms with E-state index in [9.17, 15) is 9.59 Å². The van der Waals surface area contributed by atoms with Gasteiger partial charge in [-0.15, -0.1) is 0 Å². The molecule has 0 aromatic carbocycles. The van der Waals surface area contributed by atoms with Crippen LogP contribution in [0.4, 0.5) is 0 Å². The standard InChI is InChI=1S/C13H30N.C4H4O4.K.H/c1-5-8-11-14(4,12-9-6-2)13-10-7-3;5-3(6)1-2-4(7)8;;/h5-13H2,1-4H3;1-2H,(H,5,6)(H,7,8);;/q+1;;;/b;2-1-;;. The zero-order valence-corrected chi connectivity index (χ0v) is 14.7. The van der Waals surface area contributed by atoms with Crippen LogP contribution in [0.1, 0.15) is 59.3 Å². The molecule has 0 aromatic rings. The van der Waals surface area contributed by atoms with Crippen molar-refractivity contribution in [1.82, 2.24) is 0 Å². The molecule has 0 atom stereocenters. The molecule has 132 valence electrons. The monoisotopic (exact) mass is 356 g/mol. The van der Waals surface area contributed by atoms with Crippen LogP contribution in [-0.2, 0) is 9.59 Å². The van der Waals surface area contributed by atoms with Crippen molar-refractivity contribution in [2.45, 2.75) is 59.3 Å². The van der Waals surface area contributed by atoms with E-state index in [0.717, 1.165) is 0 Å². The molecule has 0 heterocycles. The fourth-order valence-corrected chi connectivity index (χ4v) is 2.10. The van der Waals surface area contributed by atoms with Gasteiger partial charge in [-0.05, 0) is 19.3 Å². The van der Waals surface area contributed by atoms with E-state index in [2.05, 4.69) is 27.8 Å². The second-order valence-electron chi connectivity index (χ2n) is 5.86. The van der Waals surface area contributed by atoms with E-state index < -0.39 is 11.9 Å². The van der Waals surface area contributed by atoms with Crippen molar-refractivity contribution in [2.75, 3.05) is 26.7 Å². The molecule has 0 amide bonds.